The van der Waals surface area contributed by atoms with Gasteiger partial charge in [0.15, 0.2) is 16.3 Å². The lowest BCUT2D eigenvalue weighted by Crippen LogP contribution is -2.22. The molecule has 0 amide bonds. The second-order valence-electron chi connectivity index (χ2n) is 7.77. The largest absolute Gasteiger partial charge is 0.493 e. The second kappa shape index (κ2) is 7.63. The zero-order valence-corrected chi connectivity index (χ0v) is 19.2. The Bertz CT molecular complexity index is 1370. The van der Waals surface area contributed by atoms with Gasteiger partial charge in [0.1, 0.15) is 6.04 Å². The van der Waals surface area contributed by atoms with Crippen molar-refractivity contribution in [2.75, 3.05) is 21.3 Å². The second-order valence-corrected chi connectivity index (χ2v) is 8.13. The molecule has 0 fully saturated rings. The standard InChI is InChI=1S/C24H25N3O4S/c1-5-26-23(28)17-12-15-14-8-6-7-9-16(14)25-20(15)21(27(17)24(26)32)13-10-18(29-2)22(31-4)19(11-13)30-3/h6-11,21,25,28H,5,12H2,1-4H3. The Morgan fingerprint density at radius 3 is 2.41 bits per heavy atom. The third kappa shape index (κ3) is 2.75. The summed E-state index contributed by atoms with van der Waals surface area (Å²) in [4.78, 5) is 3.61. The van der Waals surface area contributed by atoms with E-state index < -0.39 is 0 Å². The van der Waals surface area contributed by atoms with E-state index >= 15 is 0 Å². The number of methoxy groups -OCH3 is 3. The van der Waals surface area contributed by atoms with Crippen LogP contribution in [0.1, 0.15) is 35.5 Å². The van der Waals surface area contributed by atoms with E-state index in [1.54, 1.807) is 25.9 Å². The molecule has 2 N–H and O–H groups in total. The average molecular weight is 452 g/mol. The van der Waals surface area contributed by atoms with Crippen LogP contribution in [0.4, 0.5) is 0 Å². The molecule has 0 radical (unpaired) electrons. The highest BCUT2D eigenvalue weighted by Gasteiger charge is 2.35. The molecule has 3 heterocycles. The van der Waals surface area contributed by atoms with Gasteiger partial charge in [-0.3, -0.25) is 4.57 Å². The number of hydrogen-bond acceptors (Lipinski definition) is 5. The Kier molecular flexibility index (Phi) is 4.89. The molecule has 2 aromatic carbocycles. The molecular formula is C24H25N3O4S. The number of nitrogens with one attached hydrogen (secondary N) is 1. The van der Waals surface area contributed by atoms with Gasteiger partial charge in [-0.1, -0.05) is 18.2 Å². The molecule has 8 heteroatoms. The van der Waals surface area contributed by atoms with E-state index in [0.717, 1.165) is 33.4 Å². The fourth-order valence-corrected chi connectivity index (χ4v) is 5.26. The number of aromatic amines is 1. The minimum absolute atomic E-state index is 0.214. The molecule has 7 nitrogen and oxygen atoms in total. The summed E-state index contributed by atoms with van der Waals surface area (Å²) in [7, 11) is 4.80. The molecule has 1 atom stereocenters. The normalized spacial score (nSPS) is 14.8. The van der Waals surface area contributed by atoms with E-state index in [2.05, 4.69) is 17.1 Å². The van der Waals surface area contributed by atoms with Crippen LogP contribution in [0.3, 0.4) is 0 Å². The Labute approximate surface area is 190 Å². The highest BCUT2D eigenvalue weighted by molar-refractivity contribution is 7.71. The van der Waals surface area contributed by atoms with E-state index in [0.29, 0.717) is 35.0 Å². The van der Waals surface area contributed by atoms with Crippen LogP contribution in [0.25, 0.3) is 10.9 Å². The van der Waals surface area contributed by atoms with Gasteiger partial charge < -0.3 is 28.9 Å². The lowest BCUT2D eigenvalue weighted by Gasteiger charge is -2.27. The Morgan fingerprint density at radius 1 is 1.09 bits per heavy atom. The van der Waals surface area contributed by atoms with Gasteiger partial charge in [-0.25, -0.2) is 0 Å². The number of aromatic hydroxyl groups is 1. The van der Waals surface area contributed by atoms with Gasteiger partial charge in [0.25, 0.3) is 0 Å². The van der Waals surface area contributed by atoms with Gasteiger partial charge in [-0.2, -0.15) is 0 Å². The topological polar surface area (TPSA) is 73.6 Å². The van der Waals surface area contributed by atoms with Crippen LogP contribution in [-0.4, -0.2) is 40.6 Å². The van der Waals surface area contributed by atoms with Crippen molar-refractivity contribution in [1.82, 2.24) is 14.1 Å². The zero-order valence-electron chi connectivity index (χ0n) is 18.4. The van der Waals surface area contributed by atoms with Crippen LogP contribution < -0.4 is 14.2 Å². The number of ether oxygens (including phenoxy) is 3. The maximum atomic E-state index is 11.0. The maximum Gasteiger partial charge on any atom is 0.213 e. The molecule has 0 aliphatic carbocycles. The first-order valence-corrected chi connectivity index (χ1v) is 10.9. The Morgan fingerprint density at radius 2 is 1.78 bits per heavy atom. The molecule has 0 saturated carbocycles. The summed E-state index contributed by atoms with van der Waals surface area (Å²) in [5.74, 6) is 1.88. The summed E-state index contributed by atoms with van der Waals surface area (Å²) in [6.45, 7) is 2.56. The number of para-hydroxylation sites is 1. The van der Waals surface area contributed by atoms with Crippen molar-refractivity contribution in [2.24, 2.45) is 0 Å². The number of hydrogen-bond donors (Lipinski definition) is 2. The summed E-state index contributed by atoms with van der Waals surface area (Å²) in [6, 6.07) is 11.8. The molecule has 1 aliphatic rings. The lowest BCUT2D eigenvalue weighted by molar-refractivity contribution is 0.323. The number of H-pyrrole nitrogens is 1. The van der Waals surface area contributed by atoms with E-state index in [4.69, 9.17) is 26.4 Å². The first-order valence-electron chi connectivity index (χ1n) is 10.5. The number of imidazole rings is 1. The molecule has 32 heavy (non-hydrogen) atoms. The van der Waals surface area contributed by atoms with Crippen LogP contribution in [-0.2, 0) is 13.0 Å². The van der Waals surface area contributed by atoms with Crippen molar-refractivity contribution in [2.45, 2.75) is 25.9 Å². The van der Waals surface area contributed by atoms with Crippen molar-refractivity contribution < 1.29 is 19.3 Å². The van der Waals surface area contributed by atoms with Crippen LogP contribution in [0.2, 0.25) is 0 Å². The molecule has 166 valence electrons. The van der Waals surface area contributed by atoms with Crippen molar-refractivity contribution >= 4 is 23.1 Å². The van der Waals surface area contributed by atoms with Crippen LogP contribution >= 0.6 is 12.2 Å². The lowest BCUT2D eigenvalue weighted by atomic mass is 9.92. The molecule has 4 aromatic rings. The maximum absolute atomic E-state index is 11.0. The van der Waals surface area contributed by atoms with Gasteiger partial charge in [0.05, 0.1) is 27.0 Å². The van der Waals surface area contributed by atoms with E-state index in [9.17, 15) is 5.11 Å². The van der Waals surface area contributed by atoms with E-state index in [-0.39, 0.29) is 11.9 Å². The van der Waals surface area contributed by atoms with Crippen LogP contribution in [0, 0.1) is 4.77 Å². The number of fused-ring (bicyclic) bond motifs is 4. The van der Waals surface area contributed by atoms with Crippen molar-refractivity contribution in [3.05, 3.63) is 63.7 Å². The minimum Gasteiger partial charge on any atom is -0.493 e. The van der Waals surface area contributed by atoms with Crippen molar-refractivity contribution in [3.63, 3.8) is 0 Å². The summed E-state index contributed by atoms with van der Waals surface area (Å²) >= 11 is 5.82. The summed E-state index contributed by atoms with van der Waals surface area (Å²) in [6.07, 6.45) is 0.586. The number of rotatable bonds is 5. The molecule has 0 bridgehead atoms. The average Bonchev–Trinajstić information content (AvgIpc) is 3.31. The van der Waals surface area contributed by atoms with Gasteiger partial charge in [0.2, 0.25) is 11.6 Å². The zero-order chi connectivity index (χ0) is 22.6. The Balaban J connectivity index is 1.86. The fraction of sp³-hybridized carbons (Fsp3) is 0.292. The van der Waals surface area contributed by atoms with Crippen molar-refractivity contribution in [1.29, 1.82) is 0 Å². The number of nitrogens with zero attached hydrogens (tertiary/aromatic N) is 2. The fourth-order valence-electron chi connectivity index (χ4n) is 4.83. The van der Waals surface area contributed by atoms with E-state index in [1.165, 1.54) is 0 Å². The van der Waals surface area contributed by atoms with Crippen LogP contribution in [0.15, 0.2) is 36.4 Å². The van der Waals surface area contributed by atoms with Crippen LogP contribution in [0.5, 0.6) is 23.1 Å². The highest BCUT2D eigenvalue weighted by Crippen LogP contribution is 2.46. The van der Waals surface area contributed by atoms with Gasteiger partial charge >= 0.3 is 0 Å². The van der Waals surface area contributed by atoms with Gasteiger partial charge in [-0.05, 0) is 48.5 Å². The predicted molar refractivity (Wildman–Crippen MR) is 125 cm³/mol. The predicted octanol–water partition coefficient (Wildman–Crippen LogP) is 4.79. The highest BCUT2D eigenvalue weighted by atomic mass is 32.1. The molecular weight excluding hydrogens is 426 g/mol. The Hall–Kier alpha value is -3.39. The quantitative estimate of drug-likeness (QED) is 0.376. The molecule has 2 aromatic heterocycles. The third-order valence-corrected chi connectivity index (χ3v) is 6.70. The van der Waals surface area contributed by atoms with Gasteiger partial charge in [-0.15, -0.1) is 0 Å². The first kappa shape index (κ1) is 20.5. The molecule has 0 saturated heterocycles. The summed E-state index contributed by atoms with van der Waals surface area (Å²) in [5.41, 5.74) is 4.95. The monoisotopic (exact) mass is 451 g/mol. The van der Waals surface area contributed by atoms with E-state index in [1.807, 2.05) is 35.8 Å². The van der Waals surface area contributed by atoms with Crippen molar-refractivity contribution in [3.8, 4) is 23.1 Å². The molecule has 5 rings (SSSR count). The first-order chi connectivity index (χ1) is 15.5. The smallest absolute Gasteiger partial charge is 0.213 e. The SMILES string of the molecule is CCn1c(O)c2n(c1=S)C(c1cc(OC)c(OC)c(OC)c1)c1[nH]c3ccccc3c1C2. The molecule has 1 aliphatic heterocycles. The van der Waals surface area contributed by atoms with Gasteiger partial charge in [0, 0.05) is 29.6 Å². The minimum atomic E-state index is -0.291. The third-order valence-electron chi connectivity index (χ3n) is 6.28. The summed E-state index contributed by atoms with van der Waals surface area (Å²) in [5, 5.41) is 12.2. The number of benzene rings is 2. The number of aromatic nitrogens is 3. The molecule has 1 unspecified atom stereocenters. The molecule has 0 spiro atoms. The summed E-state index contributed by atoms with van der Waals surface area (Å²) < 4.78 is 21.1.